The molecule has 1 saturated heterocycles. The minimum Gasteiger partial charge on any atom is -0.384 e. The first kappa shape index (κ1) is 38.1. The van der Waals surface area contributed by atoms with Crippen LogP contribution in [0.3, 0.4) is 0 Å². The highest BCUT2D eigenvalue weighted by molar-refractivity contribution is 6.42. The van der Waals surface area contributed by atoms with Gasteiger partial charge in [0.25, 0.3) is 0 Å². The largest absolute Gasteiger partial charge is 0.416 e. The summed E-state index contributed by atoms with van der Waals surface area (Å²) in [6.45, 7) is 2.64. The van der Waals surface area contributed by atoms with Crippen molar-refractivity contribution in [3.8, 4) is 0 Å². The van der Waals surface area contributed by atoms with E-state index in [0.717, 1.165) is 11.1 Å². The van der Waals surface area contributed by atoms with Gasteiger partial charge in [-0.1, -0.05) is 96.9 Å². The zero-order valence-electron chi connectivity index (χ0n) is 27.5. The standard InChI is InChI=1S/C38H38Cl2F6N2O2/c1-3-26(27-14-15-32(39)33(40)22-27)16-18-48-19-17-35(49,29-12-8-5-9-13-29)34(38(48,50-2)47-24-25-10-6-4-7-11-25)28-20-30(36(41,42)43)23-31(21-28)37(44,45)46/h4-15,20-23,26,34,47,49H,3,16-19,24H2,1-2H3. The third-order valence-corrected chi connectivity index (χ3v) is 10.4. The van der Waals surface area contributed by atoms with Crippen molar-refractivity contribution in [2.45, 2.75) is 68.4 Å². The molecule has 12 heteroatoms. The van der Waals surface area contributed by atoms with Crippen LogP contribution in [0.1, 0.15) is 71.4 Å². The minimum absolute atomic E-state index is 0.0129. The molecular formula is C38H38Cl2F6N2O2. The molecular weight excluding hydrogens is 701 g/mol. The van der Waals surface area contributed by atoms with E-state index in [4.69, 9.17) is 27.9 Å². The topological polar surface area (TPSA) is 44.7 Å². The maximum atomic E-state index is 14.3. The third kappa shape index (κ3) is 8.01. The molecule has 0 bridgehead atoms. The summed E-state index contributed by atoms with van der Waals surface area (Å²) in [5, 5.41) is 16.9. The smallest absolute Gasteiger partial charge is 0.384 e. The summed E-state index contributed by atoms with van der Waals surface area (Å²) < 4.78 is 92.1. The lowest BCUT2D eigenvalue weighted by Crippen LogP contribution is -2.71. The summed E-state index contributed by atoms with van der Waals surface area (Å²) in [5.74, 6) is -3.29. The molecule has 0 radical (unpaired) electrons. The van der Waals surface area contributed by atoms with Crippen molar-refractivity contribution in [1.82, 2.24) is 10.2 Å². The van der Waals surface area contributed by atoms with Gasteiger partial charge in [-0.2, -0.15) is 26.3 Å². The van der Waals surface area contributed by atoms with Gasteiger partial charge in [0.05, 0.1) is 27.1 Å². The van der Waals surface area contributed by atoms with Crippen LogP contribution in [0.4, 0.5) is 26.3 Å². The molecule has 5 rings (SSSR count). The number of ether oxygens (including phenoxy) is 1. The van der Waals surface area contributed by atoms with E-state index in [9.17, 15) is 31.4 Å². The predicted octanol–water partition coefficient (Wildman–Crippen LogP) is 10.4. The Morgan fingerprint density at radius 3 is 2.00 bits per heavy atom. The first-order valence-electron chi connectivity index (χ1n) is 16.2. The molecule has 0 aromatic heterocycles. The second-order valence-corrected chi connectivity index (χ2v) is 13.4. The van der Waals surface area contributed by atoms with Gasteiger partial charge in [-0.15, -0.1) is 0 Å². The molecule has 268 valence electrons. The maximum Gasteiger partial charge on any atom is 0.416 e. The fraction of sp³-hybridized carbons (Fsp3) is 0.368. The molecule has 4 atom stereocenters. The van der Waals surface area contributed by atoms with Gasteiger partial charge in [0.15, 0.2) is 5.85 Å². The van der Waals surface area contributed by atoms with Crippen LogP contribution in [0, 0.1) is 0 Å². The Morgan fingerprint density at radius 2 is 1.46 bits per heavy atom. The quantitative estimate of drug-likeness (QED) is 0.119. The number of benzene rings is 4. The summed E-state index contributed by atoms with van der Waals surface area (Å²) in [6.07, 6.45) is -8.98. The maximum absolute atomic E-state index is 14.3. The Morgan fingerprint density at radius 1 is 0.860 bits per heavy atom. The second kappa shape index (κ2) is 15.2. The second-order valence-electron chi connectivity index (χ2n) is 12.6. The Balaban J connectivity index is 1.70. The lowest BCUT2D eigenvalue weighted by atomic mass is 9.68. The van der Waals surface area contributed by atoms with Crippen LogP contribution >= 0.6 is 23.2 Å². The molecule has 1 aliphatic rings. The van der Waals surface area contributed by atoms with Gasteiger partial charge in [-0.25, -0.2) is 0 Å². The van der Waals surface area contributed by atoms with Gasteiger partial charge >= 0.3 is 12.4 Å². The van der Waals surface area contributed by atoms with Crippen LogP contribution in [-0.4, -0.2) is 36.1 Å². The molecule has 4 nitrogen and oxygen atoms in total. The molecule has 0 aliphatic carbocycles. The number of halogens is 8. The minimum atomic E-state index is -5.10. The monoisotopic (exact) mass is 738 g/mol. The molecule has 4 unspecified atom stereocenters. The van der Waals surface area contributed by atoms with Crippen LogP contribution in [0.15, 0.2) is 97.1 Å². The number of rotatable bonds is 11. The van der Waals surface area contributed by atoms with E-state index in [-0.39, 0.29) is 37.1 Å². The lowest BCUT2D eigenvalue weighted by molar-refractivity contribution is -0.246. The fourth-order valence-electron chi connectivity index (χ4n) is 7.13. The Bertz CT molecular complexity index is 1710. The van der Waals surface area contributed by atoms with E-state index < -0.39 is 40.8 Å². The van der Waals surface area contributed by atoms with Crippen LogP contribution in [0.2, 0.25) is 10.0 Å². The van der Waals surface area contributed by atoms with Crippen LogP contribution < -0.4 is 5.32 Å². The summed E-state index contributed by atoms with van der Waals surface area (Å²) in [7, 11) is 1.35. The molecule has 1 heterocycles. The van der Waals surface area contributed by atoms with Crippen molar-refractivity contribution in [3.63, 3.8) is 0 Å². The summed E-state index contributed by atoms with van der Waals surface area (Å²) >= 11 is 12.5. The average Bonchev–Trinajstić information content (AvgIpc) is 3.09. The number of alkyl halides is 6. The van der Waals surface area contributed by atoms with Gasteiger partial charge in [0, 0.05) is 26.7 Å². The normalized spacial score (nSPS) is 22.4. The van der Waals surface area contributed by atoms with Crippen molar-refractivity contribution in [2.24, 2.45) is 0 Å². The van der Waals surface area contributed by atoms with Gasteiger partial charge in [-0.3, -0.25) is 10.2 Å². The Hall–Kier alpha value is -3.12. The summed E-state index contributed by atoms with van der Waals surface area (Å²) in [4.78, 5) is 1.88. The van der Waals surface area contributed by atoms with Gasteiger partial charge < -0.3 is 9.84 Å². The van der Waals surface area contributed by atoms with Crippen LogP contribution in [0.25, 0.3) is 0 Å². The Labute approximate surface area is 298 Å². The number of aliphatic hydroxyl groups is 1. The number of likely N-dealkylation sites (tertiary alicyclic amines) is 1. The predicted molar refractivity (Wildman–Crippen MR) is 183 cm³/mol. The van der Waals surface area contributed by atoms with Gasteiger partial charge in [0.1, 0.15) is 5.60 Å². The van der Waals surface area contributed by atoms with Gasteiger partial charge in [-0.05, 0) is 77.8 Å². The van der Waals surface area contributed by atoms with Crippen molar-refractivity contribution in [3.05, 3.63) is 140 Å². The molecule has 4 aromatic carbocycles. The lowest BCUT2D eigenvalue weighted by Gasteiger charge is -2.57. The van der Waals surface area contributed by atoms with Crippen molar-refractivity contribution in [2.75, 3.05) is 20.2 Å². The zero-order valence-corrected chi connectivity index (χ0v) is 29.0. The number of nitrogens with zero attached hydrogens (tertiary/aromatic N) is 1. The first-order chi connectivity index (χ1) is 23.6. The molecule has 1 aliphatic heterocycles. The van der Waals surface area contributed by atoms with E-state index in [2.05, 4.69) is 5.32 Å². The molecule has 50 heavy (non-hydrogen) atoms. The number of nitrogens with one attached hydrogen (secondary N) is 1. The Kier molecular flexibility index (Phi) is 11.6. The summed E-state index contributed by atoms with van der Waals surface area (Å²) in [5.41, 5.74) is -3.23. The third-order valence-electron chi connectivity index (χ3n) is 9.67. The van der Waals surface area contributed by atoms with E-state index >= 15 is 0 Å². The molecule has 1 fully saturated rings. The van der Waals surface area contributed by atoms with E-state index in [1.807, 2.05) is 48.2 Å². The van der Waals surface area contributed by atoms with Crippen LogP contribution in [-0.2, 0) is 29.2 Å². The SMILES string of the molecule is CCC(CCN1CCC(O)(c2ccccc2)C(c2cc(C(F)(F)F)cc(C(F)(F)F)c2)C1(NCc1ccccc1)OC)c1ccc(Cl)c(Cl)c1. The highest BCUT2D eigenvalue weighted by Crippen LogP contribution is 2.53. The zero-order chi connectivity index (χ0) is 36.3. The van der Waals surface area contributed by atoms with Crippen molar-refractivity contribution in [1.29, 1.82) is 0 Å². The highest BCUT2D eigenvalue weighted by Gasteiger charge is 2.59. The molecule has 2 N–H and O–H groups in total. The van der Waals surface area contributed by atoms with E-state index in [1.165, 1.54) is 7.11 Å². The molecule has 4 aromatic rings. The molecule has 0 amide bonds. The average molecular weight is 740 g/mol. The van der Waals surface area contributed by atoms with Gasteiger partial charge in [0.2, 0.25) is 0 Å². The van der Waals surface area contributed by atoms with E-state index in [1.54, 1.807) is 42.5 Å². The molecule has 0 spiro atoms. The number of hydrogen-bond donors (Lipinski definition) is 2. The summed E-state index contributed by atoms with van der Waals surface area (Å²) in [6, 6.07) is 24.3. The van der Waals surface area contributed by atoms with Crippen molar-refractivity contribution >= 4 is 23.2 Å². The molecule has 0 saturated carbocycles. The number of methoxy groups -OCH3 is 1. The highest BCUT2D eigenvalue weighted by atomic mass is 35.5. The van der Waals surface area contributed by atoms with E-state index in [0.29, 0.717) is 47.1 Å². The number of piperidine rings is 1. The number of hydrogen-bond acceptors (Lipinski definition) is 4. The van der Waals surface area contributed by atoms with Crippen molar-refractivity contribution < 1.29 is 36.2 Å². The van der Waals surface area contributed by atoms with Crippen LogP contribution in [0.5, 0.6) is 0 Å². The first-order valence-corrected chi connectivity index (χ1v) is 17.0. The fourth-order valence-corrected chi connectivity index (χ4v) is 7.43.